The summed E-state index contributed by atoms with van der Waals surface area (Å²) in [4.78, 5) is 9.44. The third-order valence-electron chi connectivity index (χ3n) is 0.493. The molecule has 11 heavy (non-hydrogen) atoms. The van der Waals surface area contributed by atoms with Gasteiger partial charge in [-0.2, -0.15) is 5.26 Å². The number of halogens is 1. The van der Waals surface area contributed by atoms with E-state index in [1.165, 1.54) is 13.8 Å². The molecule has 0 amide bonds. The zero-order chi connectivity index (χ0) is 8.41. The van der Waals surface area contributed by atoms with Crippen molar-refractivity contribution in [3.63, 3.8) is 0 Å². The minimum atomic E-state index is 0. The SMILES string of the molecule is CC(C)=O.Cl.N#CCCCN. The molecular formula is C7H15ClN2O. The maximum absolute atomic E-state index is 9.44. The Labute approximate surface area is 74.0 Å². The first-order chi connectivity index (χ1) is 4.65. The van der Waals surface area contributed by atoms with Crippen LogP contribution in [-0.4, -0.2) is 12.3 Å². The fourth-order valence-corrected chi connectivity index (χ4v) is 0.181. The normalized spacial score (nSPS) is 6.36. The van der Waals surface area contributed by atoms with E-state index >= 15 is 0 Å². The molecule has 2 N–H and O–H groups in total. The standard InChI is InChI=1S/C4H8N2.C3H6O.ClH/c5-3-1-2-4-6;1-3(2)4;/h1-3,5H2;1-2H3;1H. The number of nitrogens with zero attached hydrogens (tertiary/aromatic N) is 1. The van der Waals surface area contributed by atoms with Crippen LogP contribution in [0.5, 0.6) is 0 Å². The van der Waals surface area contributed by atoms with Crippen molar-refractivity contribution >= 4 is 18.2 Å². The van der Waals surface area contributed by atoms with Crippen LogP contribution in [0, 0.1) is 11.3 Å². The van der Waals surface area contributed by atoms with E-state index in [0.29, 0.717) is 13.0 Å². The smallest absolute Gasteiger partial charge is 0.126 e. The fraction of sp³-hybridized carbons (Fsp3) is 0.714. The van der Waals surface area contributed by atoms with Gasteiger partial charge in [-0.25, -0.2) is 0 Å². The zero-order valence-corrected chi connectivity index (χ0v) is 7.78. The van der Waals surface area contributed by atoms with Gasteiger partial charge in [-0.1, -0.05) is 0 Å². The van der Waals surface area contributed by atoms with E-state index in [9.17, 15) is 4.79 Å². The van der Waals surface area contributed by atoms with E-state index in [0.717, 1.165) is 6.42 Å². The molecule has 0 radical (unpaired) electrons. The number of rotatable bonds is 2. The summed E-state index contributed by atoms with van der Waals surface area (Å²) >= 11 is 0. The lowest BCUT2D eigenvalue weighted by molar-refractivity contribution is -0.114. The van der Waals surface area contributed by atoms with Gasteiger partial charge >= 0.3 is 0 Å². The van der Waals surface area contributed by atoms with Gasteiger partial charge in [0.1, 0.15) is 5.78 Å². The molecule has 0 bridgehead atoms. The fourth-order valence-electron chi connectivity index (χ4n) is 0.181. The Balaban J connectivity index is -0.000000114. The van der Waals surface area contributed by atoms with Crippen LogP contribution in [0.25, 0.3) is 0 Å². The van der Waals surface area contributed by atoms with Crippen LogP contribution in [0.3, 0.4) is 0 Å². The summed E-state index contributed by atoms with van der Waals surface area (Å²) < 4.78 is 0. The molecule has 0 aliphatic heterocycles. The highest BCUT2D eigenvalue weighted by Gasteiger charge is 1.74. The molecule has 3 nitrogen and oxygen atoms in total. The van der Waals surface area contributed by atoms with Crippen molar-refractivity contribution in [2.24, 2.45) is 5.73 Å². The highest BCUT2D eigenvalue weighted by Crippen LogP contribution is 1.77. The summed E-state index contributed by atoms with van der Waals surface area (Å²) in [6, 6.07) is 1.99. The maximum Gasteiger partial charge on any atom is 0.126 e. The second-order valence-electron chi connectivity index (χ2n) is 1.96. The van der Waals surface area contributed by atoms with E-state index in [4.69, 9.17) is 11.0 Å². The summed E-state index contributed by atoms with van der Waals surface area (Å²) in [6.07, 6.45) is 1.42. The topological polar surface area (TPSA) is 66.9 Å². The van der Waals surface area contributed by atoms with Gasteiger partial charge in [0, 0.05) is 6.42 Å². The van der Waals surface area contributed by atoms with Gasteiger partial charge in [0.2, 0.25) is 0 Å². The molecule has 0 fully saturated rings. The van der Waals surface area contributed by atoms with E-state index in [1.54, 1.807) is 0 Å². The Morgan fingerprint density at radius 1 is 1.55 bits per heavy atom. The number of ketones is 1. The first-order valence-electron chi connectivity index (χ1n) is 3.19. The van der Waals surface area contributed by atoms with Gasteiger partial charge in [-0.3, -0.25) is 0 Å². The first kappa shape index (κ1) is 16.8. The van der Waals surface area contributed by atoms with Crippen molar-refractivity contribution in [3.05, 3.63) is 0 Å². The number of nitriles is 1. The van der Waals surface area contributed by atoms with Crippen molar-refractivity contribution < 1.29 is 4.79 Å². The molecule has 0 aliphatic carbocycles. The molecule has 0 atom stereocenters. The van der Waals surface area contributed by atoms with Crippen LogP contribution in [0.2, 0.25) is 0 Å². The second-order valence-corrected chi connectivity index (χ2v) is 1.96. The third kappa shape index (κ3) is 89.0. The number of nitrogens with two attached hydrogens (primary N) is 1. The molecule has 0 aromatic heterocycles. The summed E-state index contributed by atoms with van der Waals surface area (Å²) in [5.41, 5.74) is 5.06. The molecule has 0 aliphatic rings. The minimum Gasteiger partial charge on any atom is -0.330 e. The molecule has 0 unspecified atom stereocenters. The average Bonchev–Trinajstić information content (AvgIpc) is 1.82. The van der Waals surface area contributed by atoms with Crippen molar-refractivity contribution in [1.82, 2.24) is 0 Å². The molecule has 4 heteroatoms. The predicted molar refractivity (Wildman–Crippen MR) is 47.5 cm³/mol. The van der Waals surface area contributed by atoms with E-state index in [1.807, 2.05) is 6.07 Å². The number of hydrogen-bond acceptors (Lipinski definition) is 3. The highest BCUT2D eigenvalue weighted by molar-refractivity contribution is 5.85. The van der Waals surface area contributed by atoms with E-state index in [-0.39, 0.29) is 18.2 Å². The lowest BCUT2D eigenvalue weighted by Gasteiger charge is -1.78. The van der Waals surface area contributed by atoms with Crippen LogP contribution in [-0.2, 0) is 4.79 Å². The maximum atomic E-state index is 9.44. The van der Waals surface area contributed by atoms with Crippen molar-refractivity contribution in [1.29, 1.82) is 5.26 Å². The molecule has 66 valence electrons. The van der Waals surface area contributed by atoms with Crippen LogP contribution >= 0.6 is 12.4 Å². The molecule has 0 aromatic carbocycles. The molecular weight excluding hydrogens is 164 g/mol. The number of hydrogen-bond donors (Lipinski definition) is 1. The Bertz CT molecular complexity index is 116. The van der Waals surface area contributed by atoms with Gasteiger partial charge in [0.15, 0.2) is 0 Å². The Hall–Kier alpha value is -0.590. The summed E-state index contributed by atoms with van der Waals surface area (Å²) in [5, 5.41) is 7.89. The molecule has 0 rings (SSSR count). The van der Waals surface area contributed by atoms with Crippen molar-refractivity contribution in [3.8, 4) is 6.07 Å². The Morgan fingerprint density at radius 2 is 1.91 bits per heavy atom. The quantitative estimate of drug-likeness (QED) is 0.648. The number of carbonyl (C=O) groups is 1. The second kappa shape index (κ2) is 16.2. The van der Waals surface area contributed by atoms with Gasteiger partial charge < -0.3 is 10.5 Å². The van der Waals surface area contributed by atoms with Crippen molar-refractivity contribution in [2.75, 3.05) is 6.54 Å². The van der Waals surface area contributed by atoms with E-state index in [2.05, 4.69) is 0 Å². The Kier molecular flexibility index (Phi) is 24.7. The first-order valence-corrected chi connectivity index (χ1v) is 3.19. The van der Waals surface area contributed by atoms with Gasteiger partial charge in [0.05, 0.1) is 6.07 Å². The molecule has 0 spiro atoms. The van der Waals surface area contributed by atoms with Crippen molar-refractivity contribution in [2.45, 2.75) is 26.7 Å². The highest BCUT2D eigenvalue weighted by atomic mass is 35.5. The molecule has 0 saturated carbocycles. The minimum absolute atomic E-state index is 0. The number of carbonyl (C=O) groups excluding carboxylic acids is 1. The van der Waals surface area contributed by atoms with Gasteiger partial charge in [0.25, 0.3) is 0 Å². The lowest BCUT2D eigenvalue weighted by Crippen LogP contribution is -1.96. The number of unbranched alkanes of at least 4 members (excludes halogenated alkanes) is 1. The number of Topliss-reactive ketones (excluding diaryl/α,β-unsaturated/α-hetero) is 1. The Morgan fingerprint density at radius 3 is 2.00 bits per heavy atom. The van der Waals surface area contributed by atoms with E-state index < -0.39 is 0 Å². The molecule has 0 heterocycles. The summed E-state index contributed by atoms with van der Waals surface area (Å²) in [7, 11) is 0. The third-order valence-corrected chi connectivity index (χ3v) is 0.493. The monoisotopic (exact) mass is 178 g/mol. The average molecular weight is 179 g/mol. The summed E-state index contributed by atoms with van der Waals surface area (Å²) in [6.45, 7) is 3.69. The van der Waals surface area contributed by atoms with Crippen LogP contribution < -0.4 is 5.73 Å². The largest absolute Gasteiger partial charge is 0.330 e. The van der Waals surface area contributed by atoms with Crippen LogP contribution in [0.1, 0.15) is 26.7 Å². The zero-order valence-electron chi connectivity index (χ0n) is 6.96. The van der Waals surface area contributed by atoms with Gasteiger partial charge in [-0.15, -0.1) is 12.4 Å². The van der Waals surface area contributed by atoms with Crippen LogP contribution in [0.4, 0.5) is 0 Å². The van der Waals surface area contributed by atoms with Crippen LogP contribution in [0.15, 0.2) is 0 Å². The summed E-state index contributed by atoms with van der Waals surface area (Å²) in [5.74, 6) is 0.167. The van der Waals surface area contributed by atoms with Gasteiger partial charge in [-0.05, 0) is 26.8 Å². The lowest BCUT2D eigenvalue weighted by atomic mass is 10.3. The predicted octanol–water partition coefficient (Wildman–Crippen LogP) is 1.27. The molecule has 0 aromatic rings. The molecule has 0 saturated heterocycles.